The second-order valence-corrected chi connectivity index (χ2v) is 10.3. The summed E-state index contributed by atoms with van der Waals surface area (Å²) in [7, 11) is -0.470. The van der Waals surface area contributed by atoms with Gasteiger partial charge in [0.2, 0.25) is 0 Å². The Bertz CT molecular complexity index is 1650. The molecule has 0 unspecified atom stereocenters. The van der Waals surface area contributed by atoms with E-state index in [-0.39, 0.29) is 0 Å². The van der Waals surface area contributed by atoms with Crippen LogP contribution in [0.15, 0.2) is 73.2 Å². The molecule has 199 valence electrons. The van der Waals surface area contributed by atoms with Gasteiger partial charge >= 0.3 is 7.12 Å². The van der Waals surface area contributed by atoms with Gasteiger partial charge in [0.15, 0.2) is 0 Å². The first-order chi connectivity index (χ1) is 19.3. The van der Waals surface area contributed by atoms with Crippen LogP contribution in [0.25, 0.3) is 28.1 Å². The molecular weight excluding hydrogens is 497 g/mol. The fraction of sp³-hybridized carbons (Fsp3) is 0.200. The number of nitrogens with one attached hydrogen (secondary N) is 1. The highest BCUT2D eigenvalue weighted by atomic mass is 15.5. The van der Waals surface area contributed by atoms with Crippen LogP contribution in [0.2, 0.25) is 0 Å². The molecule has 0 aliphatic carbocycles. The van der Waals surface area contributed by atoms with E-state index in [9.17, 15) is 0 Å². The molecule has 10 heteroatoms. The molecule has 0 saturated heterocycles. The summed E-state index contributed by atoms with van der Waals surface area (Å²) in [4.78, 5) is 8.95. The van der Waals surface area contributed by atoms with E-state index < -0.39 is 7.12 Å². The van der Waals surface area contributed by atoms with Crippen molar-refractivity contribution in [2.75, 3.05) is 0 Å². The molecule has 1 aliphatic heterocycles. The van der Waals surface area contributed by atoms with Gasteiger partial charge in [-0.05, 0) is 84.0 Å². The quantitative estimate of drug-likeness (QED) is 0.315. The highest BCUT2D eigenvalue weighted by molar-refractivity contribution is 6.53. The zero-order valence-corrected chi connectivity index (χ0v) is 23.6. The lowest BCUT2D eigenvalue weighted by Gasteiger charge is -2.18. The third-order valence-electron chi connectivity index (χ3n) is 7.10. The highest BCUT2D eigenvalue weighted by Crippen LogP contribution is 2.24. The fourth-order valence-electron chi connectivity index (χ4n) is 4.80. The summed E-state index contributed by atoms with van der Waals surface area (Å²) in [5.41, 5.74) is 10.4. The molecule has 6 heterocycles. The van der Waals surface area contributed by atoms with Crippen LogP contribution in [0.1, 0.15) is 41.1 Å². The van der Waals surface area contributed by atoms with Crippen molar-refractivity contribution in [1.29, 1.82) is 0 Å². The van der Waals surface area contributed by atoms with Crippen molar-refractivity contribution < 1.29 is 0 Å². The Morgan fingerprint density at radius 3 is 1.50 bits per heavy atom. The number of hydrogen-bond acceptors (Lipinski definition) is 6. The Kier molecular flexibility index (Phi) is 6.46. The van der Waals surface area contributed by atoms with Crippen molar-refractivity contribution >= 4 is 12.7 Å². The lowest BCUT2D eigenvalue weighted by atomic mass is 9.93. The van der Waals surface area contributed by atoms with E-state index in [4.69, 9.17) is 15.3 Å². The second-order valence-electron chi connectivity index (χ2n) is 10.3. The van der Waals surface area contributed by atoms with Crippen LogP contribution >= 0.6 is 0 Å². The molecule has 6 rings (SSSR count). The average molecular weight is 528 g/mol. The molecular formula is C30H31BN9. The first-order valence-corrected chi connectivity index (χ1v) is 13.3. The predicted octanol–water partition coefficient (Wildman–Crippen LogP) is 4.92. The molecule has 0 amide bonds. The highest BCUT2D eigenvalue weighted by Gasteiger charge is 2.33. The maximum atomic E-state index is 5.08. The van der Waals surface area contributed by atoms with Crippen LogP contribution < -0.4 is 5.32 Å². The largest absolute Gasteiger partial charge is 0.569 e. The summed E-state index contributed by atoms with van der Waals surface area (Å²) < 4.78 is 5.96. The minimum absolute atomic E-state index is 0.470. The zero-order chi connectivity index (χ0) is 28.0. The van der Waals surface area contributed by atoms with Gasteiger partial charge in [0, 0.05) is 63.8 Å². The van der Waals surface area contributed by atoms with Crippen molar-refractivity contribution in [2.45, 2.75) is 41.5 Å². The standard InChI is InChI=1S/C30H31BN9/c1-19-7-10-25(16-32-19)28-13-22(4)38(35-28)31(39-23(5)14-29(36-39)26-11-8-20(2)33-17-26)40-24(6)15-30(37-40)27-12-9-21(3)34-18-27/h7-18,32H,1-6H3. The van der Waals surface area contributed by atoms with Crippen molar-refractivity contribution in [1.82, 2.24) is 44.4 Å². The van der Waals surface area contributed by atoms with Crippen molar-refractivity contribution in [3.05, 3.63) is 113 Å². The van der Waals surface area contributed by atoms with Gasteiger partial charge in [-0.15, -0.1) is 0 Å². The van der Waals surface area contributed by atoms with E-state index in [1.54, 1.807) is 0 Å². The first kappa shape index (κ1) is 25.5. The summed E-state index contributed by atoms with van der Waals surface area (Å²) in [6.07, 6.45) is 9.85. The van der Waals surface area contributed by atoms with E-state index in [1.807, 2.05) is 65.3 Å². The zero-order valence-electron chi connectivity index (χ0n) is 23.6. The summed E-state index contributed by atoms with van der Waals surface area (Å²) in [5, 5.41) is 18.5. The van der Waals surface area contributed by atoms with Crippen LogP contribution in [-0.4, -0.2) is 46.2 Å². The maximum Gasteiger partial charge on any atom is 0.569 e. The van der Waals surface area contributed by atoms with Crippen molar-refractivity contribution in [2.24, 2.45) is 0 Å². The van der Waals surface area contributed by atoms with E-state index in [2.05, 4.69) is 78.5 Å². The van der Waals surface area contributed by atoms with Crippen LogP contribution in [0.4, 0.5) is 0 Å². The van der Waals surface area contributed by atoms with E-state index in [0.29, 0.717) is 0 Å². The molecule has 5 aromatic rings. The molecule has 0 saturated carbocycles. The second kappa shape index (κ2) is 10.1. The smallest absolute Gasteiger partial charge is 0.379 e. The third kappa shape index (κ3) is 4.77. The molecule has 0 fully saturated rings. The molecule has 1 radical (unpaired) electrons. The van der Waals surface area contributed by atoms with Crippen molar-refractivity contribution in [3.63, 3.8) is 0 Å². The maximum absolute atomic E-state index is 5.08. The summed E-state index contributed by atoms with van der Waals surface area (Å²) in [6.45, 7) is 12.2. The Balaban J connectivity index is 1.49. The molecule has 9 nitrogen and oxygen atoms in total. The number of nitrogens with zero attached hydrogens (tertiary/aromatic N) is 8. The predicted molar refractivity (Wildman–Crippen MR) is 158 cm³/mol. The average Bonchev–Trinajstić information content (AvgIpc) is 3.63. The Labute approximate surface area is 234 Å². The SMILES string of the molecule is C[C]1C=CC(c2cc(C)n(B(n3nc(-c4ccc(C)nc4)cc3C)n3nc(-c4ccc(C)nc4)cc3C)n2)=CN1. The minimum Gasteiger partial charge on any atom is -0.379 e. The number of hydrogen-bond donors (Lipinski definition) is 1. The van der Waals surface area contributed by atoms with E-state index in [1.165, 1.54) is 0 Å². The normalized spacial score (nSPS) is 13.4. The van der Waals surface area contributed by atoms with Gasteiger partial charge in [0.1, 0.15) is 0 Å². The molecule has 1 N–H and O–H groups in total. The van der Waals surface area contributed by atoms with Gasteiger partial charge in [0.05, 0.1) is 23.1 Å². The van der Waals surface area contributed by atoms with Crippen LogP contribution in [0.3, 0.4) is 0 Å². The van der Waals surface area contributed by atoms with Crippen LogP contribution in [0.5, 0.6) is 0 Å². The van der Waals surface area contributed by atoms with Gasteiger partial charge in [-0.25, -0.2) is 0 Å². The molecule has 0 aromatic carbocycles. The minimum atomic E-state index is -0.470. The summed E-state index contributed by atoms with van der Waals surface area (Å²) in [6, 6.07) is 15.5. The van der Waals surface area contributed by atoms with Gasteiger partial charge in [-0.3, -0.25) is 23.7 Å². The monoisotopic (exact) mass is 528 g/mol. The van der Waals surface area contributed by atoms with Gasteiger partial charge in [-0.2, -0.15) is 15.3 Å². The van der Waals surface area contributed by atoms with Crippen molar-refractivity contribution in [3.8, 4) is 22.5 Å². The fourth-order valence-corrected chi connectivity index (χ4v) is 4.80. The number of aromatic nitrogens is 8. The number of rotatable bonds is 6. The van der Waals surface area contributed by atoms with Gasteiger partial charge < -0.3 is 5.32 Å². The number of aryl methyl sites for hydroxylation is 5. The third-order valence-corrected chi connectivity index (χ3v) is 7.10. The molecule has 1 aliphatic rings. The first-order valence-electron chi connectivity index (χ1n) is 13.3. The molecule has 5 aromatic heterocycles. The number of pyridine rings is 2. The lowest BCUT2D eigenvalue weighted by Crippen LogP contribution is -2.45. The van der Waals surface area contributed by atoms with E-state index >= 15 is 0 Å². The molecule has 0 atom stereocenters. The van der Waals surface area contributed by atoms with Gasteiger partial charge in [0.25, 0.3) is 0 Å². The molecule has 0 spiro atoms. The Hall–Kier alpha value is -4.73. The molecule has 40 heavy (non-hydrogen) atoms. The number of allylic oxidation sites excluding steroid dienone is 2. The summed E-state index contributed by atoms with van der Waals surface area (Å²) in [5.74, 6) is 0. The van der Waals surface area contributed by atoms with Gasteiger partial charge in [-0.1, -0.05) is 12.2 Å². The number of dihydropyridines is 1. The van der Waals surface area contributed by atoms with Crippen LogP contribution in [-0.2, 0) is 0 Å². The van der Waals surface area contributed by atoms with E-state index in [0.717, 1.165) is 68.3 Å². The summed E-state index contributed by atoms with van der Waals surface area (Å²) >= 11 is 0. The lowest BCUT2D eigenvalue weighted by molar-refractivity contribution is 0.740. The Morgan fingerprint density at radius 1 is 0.600 bits per heavy atom. The topological polar surface area (TPSA) is 91.3 Å². The Morgan fingerprint density at radius 2 is 1.07 bits per heavy atom. The van der Waals surface area contributed by atoms with Crippen LogP contribution in [0, 0.1) is 40.7 Å². The molecule has 0 bridgehead atoms.